The Kier molecular flexibility index (Phi) is 5.51. The van der Waals surface area contributed by atoms with Gasteiger partial charge in [0.05, 0.1) is 11.6 Å². The SMILES string of the molecule is N#C/C(=C\c1ccc(-c2ccc(C#N)cc2)o1)C(=O)NC1CCCCC1. The normalized spacial score (nSPS) is 15.1. The number of furan rings is 1. The van der Waals surface area contributed by atoms with E-state index in [-0.39, 0.29) is 17.5 Å². The molecule has 3 rings (SSSR count). The van der Waals surface area contributed by atoms with Crippen LogP contribution in [0.3, 0.4) is 0 Å². The first-order chi connectivity index (χ1) is 12.7. The summed E-state index contributed by atoms with van der Waals surface area (Å²) < 4.78 is 5.73. The Hall–Kier alpha value is -3.31. The average Bonchev–Trinajstić information content (AvgIpc) is 3.15. The maximum Gasteiger partial charge on any atom is 0.262 e. The molecule has 1 heterocycles. The molecule has 0 spiro atoms. The summed E-state index contributed by atoms with van der Waals surface area (Å²) in [6.07, 6.45) is 6.83. The molecule has 0 saturated heterocycles. The summed E-state index contributed by atoms with van der Waals surface area (Å²) in [5, 5.41) is 21.1. The highest BCUT2D eigenvalue weighted by atomic mass is 16.3. The van der Waals surface area contributed by atoms with Gasteiger partial charge in [-0.3, -0.25) is 4.79 Å². The molecule has 1 aromatic carbocycles. The lowest BCUT2D eigenvalue weighted by atomic mass is 9.95. The summed E-state index contributed by atoms with van der Waals surface area (Å²) in [5.74, 6) is 0.709. The van der Waals surface area contributed by atoms with Crippen LogP contribution in [0, 0.1) is 22.7 Å². The summed E-state index contributed by atoms with van der Waals surface area (Å²) in [4.78, 5) is 12.3. The lowest BCUT2D eigenvalue weighted by molar-refractivity contribution is -0.117. The first-order valence-corrected chi connectivity index (χ1v) is 8.72. The van der Waals surface area contributed by atoms with Crippen molar-refractivity contribution in [3.8, 4) is 23.5 Å². The second-order valence-electron chi connectivity index (χ2n) is 6.37. The number of hydrogen-bond acceptors (Lipinski definition) is 4. The number of amides is 1. The van der Waals surface area contributed by atoms with E-state index in [4.69, 9.17) is 9.68 Å². The van der Waals surface area contributed by atoms with Gasteiger partial charge in [0, 0.05) is 17.7 Å². The van der Waals surface area contributed by atoms with Crippen molar-refractivity contribution in [2.24, 2.45) is 0 Å². The Balaban J connectivity index is 1.73. The van der Waals surface area contributed by atoms with E-state index in [2.05, 4.69) is 11.4 Å². The van der Waals surface area contributed by atoms with Crippen LogP contribution in [0.1, 0.15) is 43.4 Å². The summed E-state index contributed by atoms with van der Waals surface area (Å²) >= 11 is 0. The highest BCUT2D eigenvalue weighted by Gasteiger charge is 2.18. The first-order valence-electron chi connectivity index (χ1n) is 8.72. The molecule has 2 aromatic rings. The predicted molar refractivity (Wildman–Crippen MR) is 97.5 cm³/mol. The molecular formula is C21H19N3O2. The van der Waals surface area contributed by atoms with Crippen molar-refractivity contribution in [1.82, 2.24) is 5.32 Å². The van der Waals surface area contributed by atoms with Gasteiger partial charge >= 0.3 is 0 Å². The van der Waals surface area contributed by atoms with Gasteiger partial charge in [0.25, 0.3) is 5.91 Å². The van der Waals surface area contributed by atoms with Crippen molar-refractivity contribution < 1.29 is 9.21 Å². The minimum Gasteiger partial charge on any atom is -0.457 e. The fourth-order valence-corrected chi connectivity index (χ4v) is 3.10. The van der Waals surface area contributed by atoms with Crippen LogP contribution in [0.5, 0.6) is 0 Å². The maximum atomic E-state index is 12.3. The molecule has 0 aliphatic heterocycles. The zero-order valence-electron chi connectivity index (χ0n) is 14.4. The lowest BCUT2D eigenvalue weighted by Crippen LogP contribution is -2.36. The Morgan fingerprint density at radius 2 is 1.81 bits per heavy atom. The summed E-state index contributed by atoms with van der Waals surface area (Å²) in [7, 11) is 0. The molecule has 1 aromatic heterocycles. The van der Waals surface area contributed by atoms with Crippen LogP contribution >= 0.6 is 0 Å². The number of nitriles is 2. The lowest BCUT2D eigenvalue weighted by Gasteiger charge is -2.22. The van der Waals surface area contributed by atoms with Crippen LogP contribution in [-0.2, 0) is 4.79 Å². The fourth-order valence-electron chi connectivity index (χ4n) is 3.10. The molecule has 0 atom stereocenters. The largest absolute Gasteiger partial charge is 0.457 e. The number of carbonyl (C=O) groups excluding carboxylic acids is 1. The van der Waals surface area contributed by atoms with Crippen molar-refractivity contribution >= 4 is 12.0 Å². The Morgan fingerprint density at radius 1 is 1.08 bits per heavy atom. The molecule has 0 unspecified atom stereocenters. The molecule has 1 aliphatic rings. The first kappa shape index (κ1) is 17.5. The zero-order chi connectivity index (χ0) is 18.4. The van der Waals surface area contributed by atoms with Crippen LogP contribution in [-0.4, -0.2) is 11.9 Å². The number of benzene rings is 1. The maximum absolute atomic E-state index is 12.3. The molecule has 0 bridgehead atoms. The number of carbonyl (C=O) groups is 1. The van der Waals surface area contributed by atoms with Crippen LogP contribution in [0.25, 0.3) is 17.4 Å². The van der Waals surface area contributed by atoms with Crippen LogP contribution in [0.2, 0.25) is 0 Å². The van der Waals surface area contributed by atoms with Gasteiger partial charge in [-0.25, -0.2) is 0 Å². The Morgan fingerprint density at radius 3 is 2.46 bits per heavy atom. The van der Waals surface area contributed by atoms with Crippen LogP contribution < -0.4 is 5.32 Å². The molecule has 130 valence electrons. The van der Waals surface area contributed by atoms with Gasteiger partial charge in [-0.1, -0.05) is 19.3 Å². The van der Waals surface area contributed by atoms with Crippen molar-refractivity contribution in [2.75, 3.05) is 0 Å². The highest BCUT2D eigenvalue weighted by molar-refractivity contribution is 6.01. The second-order valence-corrected chi connectivity index (χ2v) is 6.37. The summed E-state index contributed by atoms with van der Waals surface area (Å²) in [6, 6.07) is 14.7. The fraction of sp³-hybridized carbons (Fsp3) is 0.286. The van der Waals surface area contributed by atoms with Gasteiger partial charge in [0.1, 0.15) is 23.2 Å². The van der Waals surface area contributed by atoms with Crippen LogP contribution in [0.15, 0.2) is 46.4 Å². The highest BCUT2D eigenvalue weighted by Crippen LogP contribution is 2.24. The molecule has 1 saturated carbocycles. The van der Waals surface area contributed by atoms with Gasteiger partial charge in [-0.05, 0) is 49.2 Å². The molecule has 0 radical (unpaired) electrons. The van der Waals surface area contributed by atoms with Crippen molar-refractivity contribution in [3.05, 3.63) is 53.3 Å². The van der Waals surface area contributed by atoms with Crippen molar-refractivity contribution in [1.29, 1.82) is 10.5 Å². The van der Waals surface area contributed by atoms with Gasteiger partial charge < -0.3 is 9.73 Å². The summed E-state index contributed by atoms with van der Waals surface area (Å²) in [5.41, 5.74) is 1.44. The summed E-state index contributed by atoms with van der Waals surface area (Å²) in [6.45, 7) is 0. The molecule has 26 heavy (non-hydrogen) atoms. The minimum absolute atomic E-state index is 0.0382. The van der Waals surface area contributed by atoms with E-state index in [0.29, 0.717) is 17.1 Å². The molecule has 1 amide bonds. The molecule has 1 N–H and O–H groups in total. The smallest absolute Gasteiger partial charge is 0.262 e. The molecule has 5 heteroatoms. The third-order valence-electron chi connectivity index (χ3n) is 4.52. The standard InChI is InChI=1S/C21H19N3O2/c22-13-15-6-8-16(9-7-15)20-11-10-19(26-20)12-17(14-23)21(25)24-18-4-2-1-3-5-18/h6-12,18H,1-5H2,(H,24,25)/b17-12+. The molecular weight excluding hydrogens is 326 g/mol. The molecule has 5 nitrogen and oxygen atoms in total. The number of nitrogens with one attached hydrogen (secondary N) is 1. The van der Waals surface area contributed by atoms with Gasteiger partial charge in [-0.2, -0.15) is 10.5 Å². The third kappa shape index (κ3) is 4.20. The quantitative estimate of drug-likeness (QED) is 0.665. The second kappa shape index (κ2) is 8.18. The van der Waals surface area contributed by atoms with E-state index in [1.807, 2.05) is 6.07 Å². The Bertz CT molecular complexity index is 889. The average molecular weight is 345 g/mol. The monoisotopic (exact) mass is 345 g/mol. The number of hydrogen-bond donors (Lipinski definition) is 1. The van der Waals surface area contributed by atoms with Crippen LogP contribution in [0.4, 0.5) is 0 Å². The van der Waals surface area contributed by atoms with E-state index < -0.39 is 0 Å². The van der Waals surface area contributed by atoms with E-state index in [1.165, 1.54) is 12.5 Å². The van der Waals surface area contributed by atoms with Crippen molar-refractivity contribution in [3.63, 3.8) is 0 Å². The molecule has 1 aliphatic carbocycles. The molecule has 1 fully saturated rings. The third-order valence-corrected chi connectivity index (χ3v) is 4.52. The Labute approximate surface area is 152 Å². The minimum atomic E-state index is -0.351. The number of nitrogens with zero attached hydrogens (tertiary/aromatic N) is 2. The van der Waals surface area contributed by atoms with E-state index >= 15 is 0 Å². The zero-order valence-corrected chi connectivity index (χ0v) is 14.4. The van der Waals surface area contributed by atoms with Crippen molar-refractivity contribution in [2.45, 2.75) is 38.1 Å². The topological polar surface area (TPSA) is 89.8 Å². The van der Waals surface area contributed by atoms with Gasteiger partial charge in [0.15, 0.2) is 0 Å². The van der Waals surface area contributed by atoms with E-state index in [1.54, 1.807) is 36.4 Å². The predicted octanol–water partition coefficient (Wildman–Crippen LogP) is 4.17. The van der Waals surface area contributed by atoms with E-state index in [9.17, 15) is 10.1 Å². The van der Waals surface area contributed by atoms with Gasteiger partial charge in [0.2, 0.25) is 0 Å². The number of rotatable bonds is 4. The van der Waals surface area contributed by atoms with Gasteiger partial charge in [-0.15, -0.1) is 0 Å². The van der Waals surface area contributed by atoms with E-state index in [0.717, 1.165) is 31.2 Å².